The van der Waals surface area contributed by atoms with Gasteiger partial charge in [-0.3, -0.25) is 9.36 Å². The maximum Gasteiger partial charge on any atom is 0.342 e. The molecule has 0 saturated carbocycles. The molecule has 3 atom stereocenters. The fraction of sp³-hybridized carbons (Fsp3) is 0.455. The molecule has 3 rings (SSSR count). The first-order chi connectivity index (χ1) is 16.2. The number of nitrogens with zero attached hydrogens (tertiary/aromatic N) is 4. The summed E-state index contributed by atoms with van der Waals surface area (Å²) in [7, 11) is -1.87. The van der Waals surface area contributed by atoms with Gasteiger partial charge in [0, 0.05) is 7.05 Å². The smallest absolute Gasteiger partial charge is 0.342 e. The van der Waals surface area contributed by atoms with Gasteiger partial charge in [0.15, 0.2) is 11.5 Å². The van der Waals surface area contributed by atoms with Gasteiger partial charge in [-0.2, -0.15) is 0 Å². The predicted octanol–water partition coefficient (Wildman–Crippen LogP) is 3.43. The summed E-state index contributed by atoms with van der Waals surface area (Å²) in [5.41, 5.74) is 1.30. The molecular weight excluding hydrogens is 459 g/mol. The Morgan fingerprint density at radius 1 is 1.12 bits per heavy atom. The molecule has 0 amide bonds. The standard InChI is InChI=1S/C22H31N6O5P/c1-15(2)32-22(29)17(4)27-34(30,33-18-9-7-6-8-10-18)14-31-16(3)11-28-13-26-19-20(23-5)24-12-25-21(19)28/h6-10,12-13,15-17H,11,14H2,1-5H3,(H,27,30)(H,23,24,25)/t16-,17-,34+/m1/s1. The maximum absolute atomic E-state index is 13.7. The Kier molecular flexibility index (Phi) is 8.60. The largest absolute Gasteiger partial charge is 0.462 e. The average Bonchev–Trinajstić information content (AvgIpc) is 3.20. The Bertz CT molecular complexity index is 1140. The van der Waals surface area contributed by atoms with Crippen LogP contribution in [0.2, 0.25) is 0 Å². The average molecular weight is 491 g/mol. The fourth-order valence-corrected chi connectivity index (χ4v) is 4.96. The van der Waals surface area contributed by atoms with Crippen LogP contribution in [0, 0.1) is 0 Å². The molecule has 0 bridgehead atoms. The van der Waals surface area contributed by atoms with Crippen LogP contribution in [0.5, 0.6) is 5.75 Å². The Morgan fingerprint density at radius 3 is 2.53 bits per heavy atom. The normalized spacial score (nSPS) is 15.0. The number of carbonyl (C=O) groups is 1. The van der Waals surface area contributed by atoms with Crippen LogP contribution in [0.25, 0.3) is 11.2 Å². The van der Waals surface area contributed by atoms with E-state index in [4.69, 9.17) is 14.0 Å². The van der Waals surface area contributed by atoms with Crippen LogP contribution in [0.15, 0.2) is 43.0 Å². The minimum absolute atomic E-state index is 0.258. The van der Waals surface area contributed by atoms with E-state index in [1.165, 1.54) is 6.33 Å². The van der Waals surface area contributed by atoms with Crippen molar-refractivity contribution in [2.45, 2.75) is 52.5 Å². The van der Waals surface area contributed by atoms with Gasteiger partial charge < -0.3 is 23.9 Å². The molecule has 2 N–H and O–H groups in total. The Balaban J connectivity index is 1.70. The minimum Gasteiger partial charge on any atom is -0.462 e. The number of fused-ring (bicyclic) bond motifs is 1. The summed E-state index contributed by atoms with van der Waals surface area (Å²) in [6.45, 7) is 7.33. The van der Waals surface area contributed by atoms with E-state index in [0.717, 1.165) is 0 Å². The monoisotopic (exact) mass is 490 g/mol. The van der Waals surface area contributed by atoms with E-state index in [0.29, 0.717) is 29.3 Å². The third-order valence-electron chi connectivity index (χ3n) is 4.71. The molecule has 2 aromatic heterocycles. The van der Waals surface area contributed by atoms with Crippen molar-refractivity contribution < 1.29 is 23.4 Å². The van der Waals surface area contributed by atoms with Crippen molar-refractivity contribution in [2.75, 3.05) is 18.7 Å². The molecule has 12 heteroatoms. The summed E-state index contributed by atoms with van der Waals surface area (Å²) in [6.07, 6.45) is 2.20. The van der Waals surface area contributed by atoms with E-state index in [1.807, 2.05) is 17.6 Å². The van der Waals surface area contributed by atoms with Crippen molar-refractivity contribution in [1.82, 2.24) is 24.6 Å². The number of ether oxygens (including phenoxy) is 2. The Morgan fingerprint density at radius 2 is 1.85 bits per heavy atom. The lowest BCUT2D eigenvalue weighted by atomic mass is 10.3. The highest BCUT2D eigenvalue weighted by atomic mass is 31.2. The summed E-state index contributed by atoms with van der Waals surface area (Å²) in [4.78, 5) is 25.1. The quantitative estimate of drug-likeness (QED) is 0.288. The number of carbonyl (C=O) groups excluding carboxylic acids is 1. The van der Waals surface area contributed by atoms with Gasteiger partial charge in [-0.25, -0.2) is 20.0 Å². The number of para-hydroxylation sites is 1. The highest BCUT2D eigenvalue weighted by Gasteiger charge is 2.32. The van der Waals surface area contributed by atoms with Gasteiger partial charge in [0.1, 0.15) is 30.0 Å². The molecule has 2 heterocycles. The molecule has 0 radical (unpaired) electrons. The molecule has 11 nitrogen and oxygen atoms in total. The van der Waals surface area contributed by atoms with E-state index in [-0.39, 0.29) is 18.6 Å². The fourth-order valence-electron chi connectivity index (χ4n) is 3.18. The molecule has 0 aliphatic heterocycles. The summed E-state index contributed by atoms with van der Waals surface area (Å²) in [6, 6.07) is 7.88. The second-order valence-corrected chi connectivity index (χ2v) is 10.1. The lowest BCUT2D eigenvalue weighted by Crippen LogP contribution is -2.37. The Labute approximate surface area is 198 Å². The highest BCUT2D eigenvalue weighted by Crippen LogP contribution is 2.44. The molecule has 184 valence electrons. The van der Waals surface area contributed by atoms with Crippen molar-refractivity contribution in [3.05, 3.63) is 43.0 Å². The van der Waals surface area contributed by atoms with Crippen molar-refractivity contribution in [2.24, 2.45) is 0 Å². The zero-order valence-electron chi connectivity index (χ0n) is 20.0. The summed E-state index contributed by atoms with van der Waals surface area (Å²) < 4.78 is 32.4. The van der Waals surface area contributed by atoms with Crippen molar-refractivity contribution in [3.63, 3.8) is 0 Å². The lowest BCUT2D eigenvalue weighted by Gasteiger charge is -2.25. The number of hydrogen-bond donors (Lipinski definition) is 2. The van der Waals surface area contributed by atoms with Gasteiger partial charge in [-0.05, 0) is 39.8 Å². The van der Waals surface area contributed by atoms with Crippen LogP contribution in [0.1, 0.15) is 27.7 Å². The van der Waals surface area contributed by atoms with Crippen LogP contribution in [0.4, 0.5) is 5.82 Å². The SMILES string of the molecule is CNc1ncnc2c1ncn2C[C@@H](C)OC[P@@](=O)(N[C@H](C)C(=O)OC(C)C)Oc1ccccc1. The molecule has 34 heavy (non-hydrogen) atoms. The van der Waals surface area contributed by atoms with E-state index in [1.54, 1.807) is 58.4 Å². The van der Waals surface area contributed by atoms with Crippen molar-refractivity contribution >= 4 is 30.5 Å². The first kappa shape index (κ1) is 25.6. The van der Waals surface area contributed by atoms with Crippen LogP contribution in [0.3, 0.4) is 0 Å². The van der Waals surface area contributed by atoms with Crippen LogP contribution in [-0.2, 0) is 25.4 Å². The van der Waals surface area contributed by atoms with Crippen molar-refractivity contribution in [1.29, 1.82) is 0 Å². The van der Waals surface area contributed by atoms with Gasteiger partial charge in [0.25, 0.3) is 0 Å². The predicted molar refractivity (Wildman–Crippen MR) is 129 cm³/mol. The van der Waals surface area contributed by atoms with Gasteiger partial charge in [0.05, 0.1) is 25.1 Å². The van der Waals surface area contributed by atoms with Gasteiger partial charge >= 0.3 is 13.5 Å². The zero-order valence-corrected chi connectivity index (χ0v) is 20.9. The Hall–Kier alpha value is -3.01. The molecular formula is C22H31N6O5P. The number of aromatic nitrogens is 4. The number of rotatable bonds is 12. The molecule has 1 aromatic carbocycles. The van der Waals surface area contributed by atoms with Crippen LogP contribution in [-0.4, -0.2) is 57.1 Å². The molecule has 0 unspecified atom stereocenters. The highest BCUT2D eigenvalue weighted by molar-refractivity contribution is 7.57. The minimum atomic E-state index is -3.63. The van der Waals surface area contributed by atoms with E-state index >= 15 is 0 Å². The number of esters is 1. The van der Waals surface area contributed by atoms with E-state index < -0.39 is 19.5 Å². The molecule has 0 fully saturated rings. The number of imidazole rings is 1. The molecule has 0 aliphatic rings. The summed E-state index contributed by atoms with van der Waals surface area (Å²) >= 11 is 0. The third-order valence-corrected chi connectivity index (χ3v) is 6.49. The first-order valence-corrected chi connectivity index (χ1v) is 12.8. The molecule has 0 saturated heterocycles. The van der Waals surface area contributed by atoms with Gasteiger partial charge in [0.2, 0.25) is 0 Å². The summed E-state index contributed by atoms with van der Waals surface area (Å²) in [5, 5.41) is 5.78. The maximum atomic E-state index is 13.7. The topological polar surface area (TPSA) is 129 Å². The van der Waals surface area contributed by atoms with E-state index in [9.17, 15) is 9.36 Å². The third kappa shape index (κ3) is 6.75. The number of hydrogen-bond acceptors (Lipinski definition) is 9. The summed E-state index contributed by atoms with van der Waals surface area (Å²) in [5.74, 6) is 0.505. The number of anilines is 1. The van der Waals surface area contributed by atoms with Gasteiger partial charge in [-0.15, -0.1) is 0 Å². The second-order valence-electron chi connectivity index (χ2n) is 8.06. The van der Waals surface area contributed by atoms with E-state index in [2.05, 4.69) is 25.4 Å². The van der Waals surface area contributed by atoms with Gasteiger partial charge in [-0.1, -0.05) is 18.2 Å². The molecule has 0 aliphatic carbocycles. The van der Waals surface area contributed by atoms with Crippen LogP contribution < -0.4 is 14.9 Å². The number of benzene rings is 1. The lowest BCUT2D eigenvalue weighted by molar-refractivity contribution is -0.149. The second kappa shape index (κ2) is 11.4. The number of nitrogens with one attached hydrogen (secondary N) is 2. The van der Waals surface area contributed by atoms with Crippen molar-refractivity contribution in [3.8, 4) is 5.75 Å². The first-order valence-electron chi connectivity index (χ1n) is 11.0. The zero-order chi connectivity index (χ0) is 24.7. The molecule has 3 aromatic rings. The van der Waals surface area contributed by atoms with Crippen LogP contribution >= 0.6 is 7.52 Å². The molecule has 0 spiro atoms.